The van der Waals surface area contributed by atoms with Crippen molar-refractivity contribution >= 4 is 47.2 Å². The molecule has 1 unspecified atom stereocenters. The molecule has 1 heterocycles. The molecule has 7 heteroatoms. The molecule has 1 atom stereocenters. The lowest BCUT2D eigenvalue weighted by Crippen LogP contribution is -2.30. The smallest absolute Gasteiger partial charge is 0.193 e. The lowest BCUT2D eigenvalue weighted by atomic mass is 10.1. The van der Waals surface area contributed by atoms with E-state index in [0.717, 1.165) is 29.4 Å². The Morgan fingerprint density at radius 2 is 1.96 bits per heavy atom. The first kappa shape index (κ1) is 22.9. The van der Waals surface area contributed by atoms with Crippen LogP contribution in [0.1, 0.15) is 30.0 Å². The minimum absolute atomic E-state index is 0. The summed E-state index contributed by atoms with van der Waals surface area (Å²) in [6, 6.07) is 16.2. The number of ether oxygens (including phenoxy) is 1. The number of hydrogen-bond donors (Lipinski definition) is 2. The zero-order chi connectivity index (χ0) is 19.1. The number of benzene rings is 2. The van der Waals surface area contributed by atoms with Gasteiger partial charge >= 0.3 is 0 Å². The van der Waals surface area contributed by atoms with E-state index < -0.39 is 0 Å². The molecule has 0 radical (unpaired) electrons. The molecule has 3 N–H and O–H groups in total. The highest BCUT2D eigenvalue weighted by molar-refractivity contribution is 14.0. The van der Waals surface area contributed by atoms with Crippen LogP contribution in [0.3, 0.4) is 0 Å². The number of anilines is 1. The van der Waals surface area contributed by atoms with E-state index in [0.29, 0.717) is 19.1 Å². The summed E-state index contributed by atoms with van der Waals surface area (Å²) in [5.41, 5.74) is 9.32. The number of methoxy groups -OCH3 is 1. The van der Waals surface area contributed by atoms with Gasteiger partial charge in [-0.15, -0.1) is 24.0 Å². The van der Waals surface area contributed by atoms with Crippen molar-refractivity contribution in [3.63, 3.8) is 0 Å². The molecule has 1 aliphatic rings. The molecule has 1 fully saturated rings. The second kappa shape index (κ2) is 11.6. The highest BCUT2D eigenvalue weighted by Crippen LogP contribution is 2.27. The van der Waals surface area contributed by atoms with E-state index >= 15 is 0 Å². The molecule has 0 amide bonds. The Labute approximate surface area is 189 Å². The van der Waals surface area contributed by atoms with Gasteiger partial charge in [0.05, 0.1) is 19.2 Å². The molecule has 3 rings (SSSR count). The van der Waals surface area contributed by atoms with Gasteiger partial charge in [-0.2, -0.15) is 0 Å². The van der Waals surface area contributed by atoms with E-state index in [1.807, 2.05) is 42.5 Å². The van der Waals surface area contributed by atoms with Crippen LogP contribution < -0.4 is 11.1 Å². The maximum atomic E-state index is 6.21. The highest BCUT2D eigenvalue weighted by atomic mass is 127. The van der Waals surface area contributed by atoms with Gasteiger partial charge in [-0.05, 0) is 49.7 Å². The Kier molecular flexibility index (Phi) is 9.50. The Morgan fingerprint density at radius 3 is 2.68 bits per heavy atom. The van der Waals surface area contributed by atoms with E-state index in [1.165, 1.54) is 18.4 Å². The molecule has 0 spiro atoms. The summed E-state index contributed by atoms with van der Waals surface area (Å²) < 4.78 is 5.24. The number of nitrogens with two attached hydrogens (primary N) is 1. The molecule has 1 aliphatic heterocycles. The number of halogens is 2. The minimum atomic E-state index is 0. The third kappa shape index (κ3) is 6.34. The molecule has 0 aliphatic carbocycles. The van der Waals surface area contributed by atoms with E-state index in [4.69, 9.17) is 22.1 Å². The molecule has 2 aromatic rings. The summed E-state index contributed by atoms with van der Waals surface area (Å²) in [7, 11) is 1.68. The Balaban J connectivity index is 0.00000280. The van der Waals surface area contributed by atoms with Crippen molar-refractivity contribution < 1.29 is 4.74 Å². The first-order valence-corrected chi connectivity index (χ1v) is 9.68. The topological polar surface area (TPSA) is 62.9 Å². The molecule has 0 aromatic heterocycles. The first-order chi connectivity index (χ1) is 13.2. The van der Waals surface area contributed by atoms with Gasteiger partial charge in [0.25, 0.3) is 0 Å². The van der Waals surface area contributed by atoms with Crippen molar-refractivity contribution in [3.05, 3.63) is 64.7 Å². The van der Waals surface area contributed by atoms with Crippen LogP contribution in [0, 0.1) is 0 Å². The standard InChI is InChI=1S/C21H27ClN4O.HI/c1-27-15-17-7-2-3-10-19(17)25-21(23)24-14-20(26-11-4-5-12-26)16-8-6-9-18(22)13-16;/h2-3,6-10,13,20H,4-5,11-12,14-15H2,1H3,(H3,23,24,25);1H. The number of hydrogen-bond acceptors (Lipinski definition) is 3. The molecule has 2 aromatic carbocycles. The second-order valence-corrected chi connectivity index (χ2v) is 7.19. The van der Waals surface area contributed by atoms with Crippen LogP contribution in [0.15, 0.2) is 53.5 Å². The predicted octanol–water partition coefficient (Wildman–Crippen LogP) is 4.67. The van der Waals surface area contributed by atoms with Crippen LogP contribution in [0.4, 0.5) is 5.69 Å². The molecule has 0 saturated carbocycles. The SMILES string of the molecule is COCc1ccccc1NC(N)=NCC(c1cccc(Cl)c1)N1CCCC1.I. The third-order valence-corrected chi connectivity index (χ3v) is 5.06. The fourth-order valence-corrected chi connectivity index (χ4v) is 3.68. The number of nitrogens with zero attached hydrogens (tertiary/aromatic N) is 2. The van der Waals surface area contributed by atoms with Gasteiger partial charge in [0.2, 0.25) is 0 Å². The number of para-hydroxylation sites is 1. The van der Waals surface area contributed by atoms with Crippen molar-refractivity contribution in [3.8, 4) is 0 Å². The van der Waals surface area contributed by atoms with Crippen LogP contribution in [-0.4, -0.2) is 37.6 Å². The van der Waals surface area contributed by atoms with Crippen LogP contribution in [-0.2, 0) is 11.3 Å². The van der Waals surface area contributed by atoms with Crippen molar-refractivity contribution in [2.75, 3.05) is 32.1 Å². The molecule has 5 nitrogen and oxygen atoms in total. The highest BCUT2D eigenvalue weighted by Gasteiger charge is 2.23. The molecule has 152 valence electrons. The molecular weight excluding hydrogens is 487 g/mol. The summed E-state index contributed by atoms with van der Waals surface area (Å²) in [6.07, 6.45) is 2.44. The van der Waals surface area contributed by atoms with Crippen LogP contribution >= 0.6 is 35.6 Å². The van der Waals surface area contributed by atoms with Gasteiger partial charge in [0.15, 0.2) is 5.96 Å². The van der Waals surface area contributed by atoms with Gasteiger partial charge in [0, 0.05) is 23.4 Å². The van der Waals surface area contributed by atoms with Crippen LogP contribution in [0.5, 0.6) is 0 Å². The summed E-state index contributed by atoms with van der Waals surface area (Å²) in [4.78, 5) is 7.09. The maximum Gasteiger partial charge on any atom is 0.193 e. The molecular formula is C21H28ClIN4O. The van der Waals surface area contributed by atoms with E-state index in [9.17, 15) is 0 Å². The number of aliphatic imine (C=N–C) groups is 1. The maximum absolute atomic E-state index is 6.21. The first-order valence-electron chi connectivity index (χ1n) is 9.30. The third-order valence-electron chi connectivity index (χ3n) is 4.83. The van der Waals surface area contributed by atoms with Gasteiger partial charge in [0.1, 0.15) is 0 Å². The number of likely N-dealkylation sites (tertiary alicyclic amines) is 1. The van der Waals surface area contributed by atoms with Gasteiger partial charge in [-0.3, -0.25) is 9.89 Å². The van der Waals surface area contributed by atoms with Crippen molar-refractivity contribution in [2.45, 2.75) is 25.5 Å². The Hall–Kier alpha value is -1.35. The van der Waals surface area contributed by atoms with Crippen molar-refractivity contribution in [1.82, 2.24) is 4.90 Å². The predicted molar refractivity (Wildman–Crippen MR) is 128 cm³/mol. The summed E-state index contributed by atoms with van der Waals surface area (Å²) in [5, 5.41) is 3.96. The lowest BCUT2D eigenvalue weighted by molar-refractivity contribution is 0.185. The summed E-state index contributed by atoms with van der Waals surface area (Å²) in [6.45, 7) is 3.27. The number of nitrogens with one attached hydrogen (secondary N) is 1. The summed E-state index contributed by atoms with van der Waals surface area (Å²) in [5.74, 6) is 0.407. The van der Waals surface area contributed by atoms with Crippen molar-refractivity contribution in [1.29, 1.82) is 0 Å². The summed E-state index contributed by atoms with van der Waals surface area (Å²) >= 11 is 6.21. The normalized spacial score (nSPS) is 15.9. The quantitative estimate of drug-likeness (QED) is 0.320. The number of guanidine groups is 1. The average molecular weight is 515 g/mol. The Morgan fingerprint density at radius 1 is 1.21 bits per heavy atom. The fourth-order valence-electron chi connectivity index (χ4n) is 3.48. The molecule has 28 heavy (non-hydrogen) atoms. The van der Waals surface area contributed by atoms with E-state index in [1.54, 1.807) is 7.11 Å². The van der Waals surface area contributed by atoms with E-state index in [-0.39, 0.29) is 30.0 Å². The van der Waals surface area contributed by atoms with Crippen molar-refractivity contribution in [2.24, 2.45) is 10.7 Å². The van der Waals surface area contributed by atoms with Gasteiger partial charge in [-0.25, -0.2) is 0 Å². The number of rotatable bonds is 7. The van der Waals surface area contributed by atoms with Crippen LogP contribution in [0.2, 0.25) is 5.02 Å². The van der Waals surface area contributed by atoms with Crippen LogP contribution in [0.25, 0.3) is 0 Å². The van der Waals surface area contributed by atoms with Gasteiger partial charge in [-0.1, -0.05) is 41.9 Å². The zero-order valence-electron chi connectivity index (χ0n) is 16.1. The Bertz CT molecular complexity index is 781. The molecule has 1 saturated heterocycles. The minimum Gasteiger partial charge on any atom is -0.380 e. The van der Waals surface area contributed by atoms with E-state index in [2.05, 4.69) is 21.3 Å². The fraction of sp³-hybridized carbons (Fsp3) is 0.381. The molecule has 0 bridgehead atoms. The second-order valence-electron chi connectivity index (χ2n) is 6.75. The monoisotopic (exact) mass is 514 g/mol. The largest absolute Gasteiger partial charge is 0.380 e. The zero-order valence-corrected chi connectivity index (χ0v) is 19.2. The average Bonchev–Trinajstić information content (AvgIpc) is 3.18. The van der Waals surface area contributed by atoms with Gasteiger partial charge < -0.3 is 15.8 Å². The lowest BCUT2D eigenvalue weighted by Gasteiger charge is -2.27.